The average Bonchev–Trinajstić information content (AvgIpc) is 2.68. The minimum Gasteiger partial charge on any atom is -0.323 e. The third-order valence-electron chi connectivity index (χ3n) is 2.16. The van der Waals surface area contributed by atoms with E-state index in [9.17, 15) is 0 Å². The van der Waals surface area contributed by atoms with Gasteiger partial charge in [0.25, 0.3) is 0 Å². The van der Waals surface area contributed by atoms with Crippen molar-refractivity contribution in [1.29, 1.82) is 0 Å². The molecule has 0 fully saturated rings. The summed E-state index contributed by atoms with van der Waals surface area (Å²) < 4.78 is 0. The Kier molecular flexibility index (Phi) is 2.33. The molecule has 1 aromatic carbocycles. The van der Waals surface area contributed by atoms with E-state index in [1.54, 1.807) is 0 Å². The summed E-state index contributed by atoms with van der Waals surface area (Å²) in [4.78, 5) is 0. The number of hydrogen-bond donors (Lipinski definition) is 2. The SMILES string of the molecule is C[C@H](N)c1cc(-c2ccccc2)n[nH]1. The summed E-state index contributed by atoms with van der Waals surface area (Å²) >= 11 is 0. The van der Waals surface area contributed by atoms with Gasteiger partial charge in [-0.15, -0.1) is 0 Å². The molecule has 1 aromatic heterocycles. The van der Waals surface area contributed by atoms with Gasteiger partial charge >= 0.3 is 0 Å². The third-order valence-corrected chi connectivity index (χ3v) is 2.16. The first-order valence-corrected chi connectivity index (χ1v) is 4.63. The van der Waals surface area contributed by atoms with Crippen molar-refractivity contribution in [2.45, 2.75) is 13.0 Å². The van der Waals surface area contributed by atoms with E-state index in [4.69, 9.17) is 5.73 Å². The fourth-order valence-electron chi connectivity index (χ4n) is 1.33. The van der Waals surface area contributed by atoms with Crippen LogP contribution in [-0.2, 0) is 0 Å². The lowest BCUT2D eigenvalue weighted by Gasteiger charge is -1.97. The first kappa shape index (κ1) is 8.97. The minimum absolute atomic E-state index is 0.0000350. The topological polar surface area (TPSA) is 54.7 Å². The molecule has 3 N–H and O–H groups in total. The summed E-state index contributed by atoms with van der Waals surface area (Å²) in [5.41, 5.74) is 8.75. The predicted octanol–water partition coefficient (Wildman–Crippen LogP) is 2.10. The molecule has 14 heavy (non-hydrogen) atoms. The quantitative estimate of drug-likeness (QED) is 0.756. The second-order valence-corrected chi connectivity index (χ2v) is 3.36. The highest BCUT2D eigenvalue weighted by molar-refractivity contribution is 5.58. The van der Waals surface area contributed by atoms with Crippen LogP contribution in [0.3, 0.4) is 0 Å². The molecule has 0 unspecified atom stereocenters. The zero-order valence-electron chi connectivity index (χ0n) is 8.07. The number of hydrogen-bond acceptors (Lipinski definition) is 2. The summed E-state index contributed by atoms with van der Waals surface area (Å²) in [6.45, 7) is 1.93. The third kappa shape index (κ3) is 1.67. The fourth-order valence-corrected chi connectivity index (χ4v) is 1.33. The highest BCUT2D eigenvalue weighted by Crippen LogP contribution is 2.18. The molecule has 0 radical (unpaired) electrons. The summed E-state index contributed by atoms with van der Waals surface area (Å²) in [6.07, 6.45) is 0. The number of nitrogens with two attached hydrogens (primary N) is 1. The molecule has 3 nitrogen and oxygen atoms in total. The number of aromatic amines is 1. The predicted molar refractivity (Wildman–Crippen MR) is 56.6 cm³/mol. The zero-order valence-corrected chi connectivity index (χ0v) is 8.07. The summed E-state index contributed by atoms with van der Waals surface area (Å²) in [5.74, 6) is 0. The highest BCUT2D eigenvalue weighted by atomic mass is 15.1. The van der Waals surface area contributed by atoms with E-state index in [1.807, 2.05) is 43.3 Å². The Morgan fingerprint density at radius 3 is 2.57 bits per heavy atom. The van der Waals surface area contributed by atoms with Gasteiger partial charge in [0.2, 0.25) is 0 Å². The maximum atomic E-state index is 5.73. The van der Waals surface area contributed by atoms with Crippen molar-refractivity contribution in [2.24, 2.45) is 5.73 Å². The van der Waals surface area contributed by atoms with Crippen molar-refractivity contribution in [1.82, 2.24) is 10.2 Å². The molecule has 2 rings (SSSR count). The van der Waals surface area contributed by atoms with Gasteiger partial charge in [0, 0.05) is 11.6 Å². The van der Waals surface area contributed by atoms with Gasteiger partial charge in [0.15, 0.2) is 0 Å². The van der Waals surface area contributed by atoms with Gasteiger partial charge in [0.1, 0.15) is 0 Å². The molecule has 0 aliphatic heterocycles. The number of H-pyrrole nitrogens is 1. The molecule has 2 aromatic rings. The number of aromatic nitrogens is 2. The van der Waals surface area contributed by atoms with Crippen LogP contribution < -0.4 is 5.73 Å². The maximum Gasteiger partial charge on any atom is 0.0924 e. The average molecular weight is 187 g/mol. The molecule has 0 bridgehead atoms. The second-order valence-electron chi connectivity index (χ2n) is 3.36. The lowest BCUT2D eigenvalue weighted by Crippen LogP contribution is -2.04. The summed E-state index contributed by atoms with van der Waals surface area (Å²) in [6, 6.07) is 12.0. The molecule has 1 atom stereocenters. The normalized spacial score (nSPS) is 12.7. The first-order valence-electron chi connectivity index (χ1n) is 4.63. The highest BCUT2D eigenvalue weighted by Gasteiger charge is 2.05. The van der Waals surface area contributed by atoms with E-state index in [1.165, 1.54) is 0 Å². The van der Waals surface area contributed by atoms with E-state index < -0.39 is 0 Å². The Hall–Kier alpha value is -1.61. The van der Waals surface area contributed by atoms with Crippen LogP contribution in [-0.4, -0.2) is 10.2 Å². The molecular weight excluding hydrogens is 174 g/mol. The number of rotatable bonds is 2. The molecule has 3 heteroatoms. The molecule has 72 valence electrons. The van der Waals surface area contributed by atoms with Crippen molar-refractivity contribution >= 4 is 0 Å². The van der Waals surface area contributed by atoms with Crippen LogP contribution in [0.1, 0.15) is 18.7 Å². The van der Waals surface area contributed by atoms with E-state index in [-0.39, 0.29) is 6.04 Å². The van der Waals surface area contributed by atoms with E-state index in [0.717, 1.165) is 17.0 Å². The molecule has 0 aliphatic carbocycles. The van der Waals surface area contributed by atoms with E-state index in [0.29, 0.717) is 0 Å². The lowest BCUT2D eigenvalue weighted by molar-refractivity contribution is 0.772. The molecule has 0 saturated heterocycles. The fraction of sp³-hybridized carbons (Fsp3) is 0.182. The van der Waals surface area contributed by atoms with E-state index in [2.05, 4.69) is 10.2 Å². The van der Waals surface area contributed by atoms with Crippen LogP contribution in [0.15, 0.2) is 36.4 Å². The summed E-state index contributed by atoms with van der Waals surface area (Å²) in [7, 11) is 0. The van der Waals surface area contributed by atoms with Crippen molar-refractivity contribution in [2.75, 3.05) is 0 Å². The van der Waals surface area contributed by atoms with Gasteiger partial charge in [-0.3, -0.25) is 5.10 Å². The molecule has 0 amide bonds. The minimum atomic E-state index is -0.0000350. The van der Waals surface area contributed by atoms with Crippen molar-refractivity contribution in [3.8, 4) is 11.3 Å². The van der Waals surface area contributed by atoms with Crippen LogP contribution in [0.25, 0.3) is 11.3 Å². The van der Waals surface area contributed by atoms with Crippen LogP contribution in [0.5, 0.6) is 0 Å². The molecular formula is C11H13N3. The van der Waals surface area contributed by atoms with Gasteiger partial charge < -0.3 is 5.73 Å². The zero-order chi connectivity index (χ0) is 9.97. The summed E-state index contributed by atoms with van der Waals surface area (Å²) in [5, 5.41) is 7.13. The first-order chi connectivity index (χ1) is 6.77. The number of benzene rings is 1. The van der Waals surface area contributed by atoms with Gasteiger partial charge in [-0.25, -0.2) is 0 Å². The van der Waals surface area contributed by atoms with Gasteiger partial charge in [0.05, 0.1) is 11.4 Å². The maximum absolute atomic E-state index is 5.73. The van der Waals surface area contributed by atoms with Gasteiger partial charge in [-0.05, 0) is 13.0 Å². The number of nitrogens with one attached hydrogen (secondary N) is 1. The van der Waals surface area contributed by atoms with Crippen molar-refractivity contribution in [3.63, 3.8) is 0 Å². The smallest absolute Gasteiger partial charge is 0.0924 e. The molecule has 0 spiro atoms. The van der Waals surface area contributed by atoms with Crippen molar-refractivity contribution < 1.29 is 0 Å². The van der Waals surface area contributed by atoms with Crippen LogP contribution in [0.4, 0.5) is 0 Å². The van der Waals surface area contributed by atoms with Crippen molar-refractivity contribution in [3.05, 3.63) is 42.1 Å². The Morgan fingerprint density at radius 1 is 1.29 bits per heavy atom. The Morgan fingerprint density at radius 2 is 2.00 bits per heavy atom. The van der Waals surface area contributed by atoms with Gasteiger partial charge in [-0.2, -0.15) is 5.10 Å². The molecule has 0 saturated carbocycles. The molecule has 1 heterocycles. The van der Waals surface area contributed by atoms with Crippen LogP contribution in [0, 0.1) is 0 Å². The lowest BCUT2D eigenvalue weighted by atomic mass is 10.1. The largest absolute Gasteiger partial charge is 0.323 e. The standard InChI is InChI=1S/C11H13N3/c1-8(12)10-7-11(14-13-10)9-5-3-2-4-6-9/h2-8H,12H2,1H3,(H,13,14)/t8-/m0/s1. The van der Waals surface area contributed by atoms with Crippen LogP contribution in [0.2, 0.25) is 0 Å². The second kappa shape index (κ2) is 3.64. The van der Waals surface area contributed by atoms with E-state index >= 15 is 0 Å². The number of nitrogens with zero attached hydrogens (tertiary/aromatic N) is 1. The van der Waals surface area contributed by atoms with Gasteiger partial charge in [-0.1, -0.05) is 30.3 Å². The van der Waals surface area contributed by atoms with Crippen LogP contribution >= 0.6 is 0 Å². The molecule has 0 aliphatic rings. The Labute approximate surface area is 83.0 Å². The Bertz CT molecular complexity index is 403. The Balaban J connectivity index is 2.34. The monoisotopic (exact) mass is 187 g/mol.